The molecule has 0 aliphatic carbocycles. The van der Waals surface area contributed by atoms with E-state index in [9.17, 15) is 4.79 Å². The van der Waals surface area contributed by atoms with E-state index in [2.05, 4.69) is 10.3 Å². The Labute approximate surface area is 156 Å². The predicted molar refractivity (Wildman–Crippen MR) is 102 cm³/mol. The third-order valence-corrected chi connectivity index (χ3v) is 4.39. The molecule has 0 radical (unpaired) electrons. The molecule has 2 N–H and O–H groups in total. The van der Waals surface area contributed by atoms with Crippen LogP contribution in [0.1, 0.15) is 15.9 Å². The van der Waals surface area contributed by atoms with Crippen LogP contribution in [-0.4, -0.2) is 32.2 Å². The topological polar surface area (TPSA) is 72.6 Å². The molecule has 7 heteroatoms. The number of benzene rings is 2. The Hall–Kier alpha value is -2.86. The molecule has 0 saturated heterocycles. The highest BCUT2D eigenvalue weighted by molar-refractivity contribution is 6.30. The average molecular weight is 375 g/mol. The highest BCUT2D eigenvalue weighted by Gasteiger charge is 2.23. The quantitative estimate of drug-likeness (QED) is 0.694. The molecule has 2 aromatic carbocycles. The van der Waals surface area contributed by atoms with E-state index in [4.69, 9.17) is 25.8 Å². The van der Waals surface area contributed by atoms with Crippen molar-refractivity contribution in [2.75, 3.05) is 26.6 Å². The standard InChI is InChI=1S/C19H19ClN2O4/c1-10-7-11(20)5-6-13(10)22-19(23)12-9-21-14-8-15(24-2)17(25-3)18(26-4)16(12)14/h5-9,21H,1-4H3,(H,22,23). The van der Waals surface area contributed by atoms with Gasteiger partial charge in [0.05, 0.1) is 37.8 Å². The van der Waals surface area contributed by atoms with Gasteiger partial charge in [0, 0.05) is 23.0 Å². The Morgan fingerprint density at radius 1 is 1.08 bits per heavy atom. The summed E-state index contributed by atoms with van der Waals surface area (Å²) in [4.78, 5) is 15.9. The van der Waals surface area contributed by atoms with Gasteiger partial charge in [0.1, 0.15) is 0 Å². The zero-order valence-corrected chi connectivity index (χ0v) is 15.7. The number of aromatic nitrogens is 1. The highest BCUT2D eigenvalue weighted by Crippen LogP contribution is 2.44. The van der Waals surface area contributed by atoms with Crippen LogP contribution < -0.4 is 19.5 Å². The van der Waals surface area contributed by atoms with E-state index in [1.54, 1.807) is 37.6 Å². The second kappa shape index (κ2) is 7.17. The Morgan fingerprint density at radius 2 is 1.81 bits per heavy atom. The monoisotopic (exact) mass is 374 g/mol. The molecule has 3 aromatic rings. The molecule has 6 nitrogen and oxygen atoms in total. The van der Waals surface area contributed by atoms with Crippen molar-refractivity contribution in [3.8, 4) is 17.2 Å². The largest absolute Gasteiger partial charge is 0.493 e. The Bertz CT molecular complexity index is 981. The minimum atomic E-state index is -0.271. The summed E-state index contributed by atoms with van der Waals surface area (Å²) in [5.41, 5.74) is 2.70. The molecule has 0 saturated carbocycles. The summed E-state index contributed by atoms with van der Waals surface area (Å²) < 4.78 is 16.3. The van der Waals surface area contributed by atoms with Gasteiger partial charge in [-0.15, -0.1) is 0 Å². The van der Waals surface area contributed by atoms with E-state index < -0.39 is 0 Å². The van der Waals surface area contributed by atoms with E-state index in [-0.39, 0.29) is 5.91 Å². The first-order valence-corrected chi connectivity index (χ1v) is 8.25. The second-order valence-electron chi connectivity index (χ2n) is 5.68. The fraction of sp³-hybridized carbons (Fsp3) is 0.211. The smallest absolute Gasteiger partial charge is 0.257 e. The van der Waals surface area contributed by atoms with Crippen LogP contribution in [0.5, 0.6) is 17.2 Å². The van der Waals surface area contributed by atoms with E-state index in [1.807, 2.05) is 6.92 Å². The third kappa shape index (κ3) is 3.04. The minimum Gasteiger partial charge on any atom is -0.493 e. The van der Waals surface area contributed by atoms with E-state index >= 15 is 0 Å². The summed E-state index contributed by atoms with van der Waals surface area (Å²) in [5.74, 6) is 1.10. The van der Waals surface area contributed by atoms with Crippen LogP contribution >= 0.6 is 11.6 Å². The number of halogens is 1. The van der Waals surface area contributed by atoms with Crippen molar-refractivity contribution in [3.63, 3.8) is 0 Å². The van der Waals surface area contributed by atoms with Gasteiger partial charge in [0.2, 0.25) is 5.75 Å². The molecule has 0 spiro atoms. The number of amides is 1. The van der Waals surface area contributed by atoms with Crippen molar-refractivity contribution in [2.24, 2.45) is 0 Å². The third-order valence-electron chi connectivity index (χ3n) is 4.15. The Balaban J connectivity index is 2.09. The maximum absolute atomic E-state index is 12.9. The molecule has 0 fully saturated rings. The molecule has 1 aromatic heterocycles. The zero-order chi connectivity index (χ0) is 18.8. The number of hydrogen-bond donors (Lipinski definition) is 2. The summed E-state index contributed by atoms with van der Waals surface area (Å²) in [5, 5.41) is 4.14. The zero-order valence-electron chi connectivity index (χ0n) is 14.9. The van der Waals surface area contributed by atoms with Crippen LogP contribution in [0.25, 0.3) is 10.9 Å². The number of fused-ring (bicyclic) bond motifs is 1. The number of aromatic amines is 1. The molecule has 0 aliphatic rings. The summed E-state index contributed by atoms with van der Waals surface area (Å²) in [6.45, 7) is 1.88. The molecule has 26 heavy (non-hydrogen) atoms. The van der Waals surface area contributed by atoms with Crippen molar-refractivity contribution < 1.29 is 19.0 Å². The van der Waals surface area contributed by atoms with Crippen molar-refractivity contribution in [1.29, 1.82) is 0 Å². The number of H-pyrrole nitrogens is 1. The molecule has 0 unspecified atom stereocenters. The maximum Gasteiger partial charge on any atom is 0.257 e. The van der Waals surface area contributed by atoms with Gasteiger partial charge >= 0.3 is 0 Å². The van der Waals surface area contributed by atoms with Crippen molar-refractivity contribution in [3.05, 3.63) is 46.6 Å². The van der Waals surface area contributed by atoms with Crippen LogP contribution in [0.15, 0.2) is 30.5 Å². The summed E-state index contributed by atoms with van der Waals surface area (Å²) in [6, 6.07) is 7.06. The molecule has 0 bridgehead atoms. The van der Waals surface area contributed by atoms with E-state index in [0.29, 0.717) is 44.4 Å². The maximum atomic E-state index is 12.9. The molecule has 0 aliphatic heterocycles. The van der Waals surface area contributed by atoms with Gasteiger partial charge in [-0.05, 0) is 30.7 Å². The van der Waals surface area contributed by atoms with Crippen molar-refractivity contribution in [1.82, 2.24) is 4.98 Å². The molecule has 3 rings (SSSR count). The molecular weight excluding hydrogens is 356 g/mol. The number of carbonyl (C=O) groups is 1. The van der Waals surface area contributed by atoms with Gasteiger partial charge < -0.3 is 24.5 Å². The summed E-state index contributed by atoms with van der Waals surface area (Å²) >= 11 is 5.97. The number of rotatable bonds is 5. The van der Waals surface area contributed by atoms with Crippen LogP contribution in [0.4, 0.5) is 5.69 Å². The molecule has 0 atom stereocenters. The first kappa shape index (κ1) is 17.9. The number of aryl methyl sites for hydroxylation is 1. The number of carbonyl (C=O) groups excluding carboxylic acids is 1. The van der Waals surface area contributed by atoms with Gasteiger partial charge in [-0.1, -0.05) is 11.6 Å². The van der Waals surface area contributed by atoms with Crippen LogP contribution in [0, 0.1) is 6.92 Å². The van der Waals surface area contributed by atoms with Crippen LogP contribution in [0.3, 0.4) is 0 Å². The molecule has 136 valence electrons. The Morgan fingerprint density at radius 3 is 2.42 bits per heavy atom. The van der Waals surface area contributed by atoms with Gasteiger partial charge in [-0.3, -0.25) is 4.79 Å². The minimum absolute atomic E-state index is 0.271. The van der Waals surface area contributed by atoms with Gasteiger partial charge in [0.25, 0.3) is 5.91 Å². The number of anilines is 1. The van der Waals surface area contributed by atoms with E-state index in [0.717, 1.165) is 5.56 Å². The SMILES string of the molecule is COc1cc2[nH]cc(C(=O)Nc3ccc(Cl)cc3C)c2c(OC)c1OC. The van der Waals surface area contributed by atoms with Gasteiger partial charge in [-0.25, -0.2) is 0 Å². The lowest BCUT2D eigenvalue weighted by atomic mass is 10.1. The molecule has 1 heterocycles. The van der Waals surface area contributed by atoms with Crippen molar-refractivity contribution in [2.45, 2.75) is 6.92 Å². The number of ether oxygens (including phenoxy) is 3. The van der Waals surface area contributed by atoms with Crippen molar-refractivity contribution >= 4 is 34.1 Å². The molecule has 1 amide bonds. The van der Waals surface area contributed by atoms with E-state index in [1.165, 1.54) is 14.2 Å². The summed E-state index contributed by atoms with van der Waals surface area (Å²) in [7, 11) is 4.59. The predicted octanol–water partition coefficient (Wildman–Crippen LogP) is 4.41. The summed E-state index contributed by atoms with van der Waals surface area (Å²) in [6.07, 6.45) is 1.63. The lowest BCUT2D eigenvalue weighted by Crippen LogP contribution is -2.12. The lowest BCUT2D eigenvalue weighted by molar-refractivity contribution is 0.102. The van der Waals surface area contributed by atoms with Gasteiger partial charge in [0.15, 0.2) is 11.5 Å². The second-order valence-corrected chi connectivity index (χ2v) is 6.12. The van der Waals surface area contributed by atoms with Crippen LogP contribution in [-0.2, 0) is 0 Å². The fourth-order valence-electron chi connectivity index (χ4n) is 2.90. The Kier molecular flexibility index (Phi) is 4.95. The average Bonchev–Trinajstić information content (AvgIpc) is 3.05. The first-order chi connectivity index (χ1) is 12.5. The van der Waals surface area contributed by atoms with Crippen LogP contribution in [0.2, 0.25) is 5.02 Å². The van der Waals surface area contributed by atoms with Gasteiger partial charge in [-0.2, -0.15) is 0 Å². The normalized spacial score (nSPS) is 10.7. The molecular formula is C19H19ClN2O4. The lowest BCUT2D eigenvalue weighted by Gasteiger charge is -2.14. The fourth-order valence-corrected chi connectivity index (χ4v) is 3.12. The highest BCUT2D eigenvalue weighted by atomic mass is 35.5. The first-order valence-electron chi connectivity index (χ1n) is 7.87. The number of nitrogens with one attached hydrogen (secondary N) is 2. The number of methoxy groups -OCH3 is 3. The number of hydrogen-bond acceptors (Lipinski definition) is 4.